The summed E-state index contributed by atoms with van der Waals surface area (Å²) in [5, 5.41) is 6.89. The molecule has 6 heteroatoms. The van der Waals surface area contributed by atoms with Gasteiger partial charge in [0.1, 0.15) is 0 Å². The summed E-state index contributed by atoms with van der Waals surface area (Å²) in [7, 11) is 1.67. The molecule has 1 aromatic rings. The predicted octanol–water partition coefficient (Wildman–Crippen LogP) is 2.22. The summed E-state index contributed by atoms with van der Waals surface area (Å²) in [5.74, 6) is 0.575. The van der Waals surface area contributed by atoms with E-state index in [1.807, 2.05) is 24.3 Å². The Morgan fingerprint density at radius 1 is 1.38 bits per heavy atom. The number of amides is 1. The van der Waals surface area contributed by atoms with Gasteiger partial charge in [-0.25, -0.2) is 0 Å². The van der Waals surface area contributed by atoms with Crippen molar-refractivity contribution in [3.63, 3.8) is 0 Å². The van der Waals surface area contributed by atoms with Gasteiger partial charge in [0.15, 0.2) is 0 Å². The second-order valence-electron chi connectivity index (χ2n) is 5.04. The van der Waals surface area contributed by atoms with Crippen molar-refractivity contribution >= 4 is 29.9 Å². The van der Waals surface area contributed by atoms with Crippen molar-refractivity contribution in [1.29, 1.82) is 0 Å². The number of carbonyl (C=O) groups excluding carboxylic acids is 1. The monoisotopic (exact) mass is 332 g/mol. The van der Waals surface area contributed by atoms with Crippen molar-refractivity contribution in [2.24, 2.45) is 5.92 Å². The zero-order chi connectivity index (χ0) is 14.4. The van der Waals surface area contributed by atoms with Crippen molar-refractivity contribution in [2.75, 3.05) is 33.4 Å². The van der Waals surface area contributed by atoms with Gasteiger partial charge in [-0.3, -0.25) is 4.79 Å². The van der Waals surface area contributed by atoms with Crippen molar-refractivity contribution in [1.82, 2.24) is 10.6 Å². The molecule has 1 aliphatic carbocycles. The number of nitrogens with one attached hydrogen (secondary N) is 2. The molecular weight excluding hydrogens is 311 g/mol. The van der Waals surface area contributed by atoms with E-state index in [0.717, 1.165) is 30.1 Å². The van der Waals surface area contributed by atoms with Crippen LogP contribution in [0.25, 0.3) is 0 Å². The molecule has 21 heavy (non-hydrogen) atoms. The fourth-order valence-electron chi connectivity index (χ4n) is 2.29. The highest BCUT2D eigenvalue weighted by Crippen LogP contribution is 2.47. The van der Waals surface area contributed by atoms with Crippen LogP contribution in [0.2, 0.25) is 5.02 Å². The number of halogens is 2. The summed E-state index contributed by atoms with van der Waals surface area (Å²) in [6, 6.07) is 7.78. The summed E-state index contributed by atoms with van der Waals surface area (Å²) in [6.45, 7) is 2.92. The van der Waals surface area contributed by atoms with Gasteiger partial charge in [0.2, 0.25) is 5.91 Å². The van der Waals surface area contributed by atoms with Gasteiger partial charge in [-0.2, -0.15) is 0 Å². The Labute approximate surface area is 137 Å². The molecule has 2 unspecified atom stereocenters. The molecule has 118 valence electrons. The zero-order valence-corrected chi connectivity index (χ0v) is 13.7. The molecule has 0 spiro atoms. The van der Waals surface area contributed by atoms with Crippen LogP contribution in [0.4, 0.5) is 0 Å². The van der Waals surface area contributed by atoms with Gasteiger partial charge in [0.25, 0.3) is 0 Å². The van der Waals surface area contributed by atoms with Crippen molar-refractivity contribution in [3.8, 4) is 0 Å². The average Bonchev–Trinajstić information content (AvgIpc) is 3.23. The van der Waals surface area contributed by atoms with E-state index in [2.05, 4.69) is 10.6 Å². The van der Waals surface area contributed by atoms with Crippen LogP contribution >= 0.6 is 24.0 Å². The normalized spacial score (nSPS) is 19.7. The standard InChI is InChI=1S/C15H21ClN2O2.ClH/c1-20-8-7-17-5-6-18-15(19)14-10-13(14)11-3-2-4-12(16)9-11;/h2-4,9,13-14,17H,5-8,10H2,1H3,(H,18,19);1H. The smallest absolute Gasteiger partial charge is 0.223 e. The topological polar surface area (TPSA) is 50.4 Å². The lowest BCUT2D eigenvalue weighted by Gasteiger charge is -2.06. The zero-order valence-electron chi connectivity index (χ0n) is 12.1. The fraction of sp³-hybridized carbons (Fsp3) is 0.533. The van der Waals surface area contributed by atoms with Gasteiger partial charge < -0.3 is 15.4 Å². The maximum Gasteiger partial charge on any atom is 0.223 e. The van der Waals surface area contributed by atoms with Gasteiger partial charge in [0, 0.05) is 37.7 Å². The van der Waals surface area contributed by atoms with Gasteiger partial charge in [-0.05, 0) is 30.0 Å². The van der Waals surface area contributed by atoms with Crippen molar-refractivity contribution in [2.45, 2.75) is 12.3 Å². The van der Waals surface area contributed by atoms with E-state index in [-0.39, 0.29) is 24.2 Å². The number of benzene rings is 1. The molecule has 0 radical (unpaired) electrons. The average molecular weight is 333 g/mol. The Balaban J connectivity index is 0.00000220. The molecule has 0 aliphatic heterocycles. The van der Waals surface area contributed by atoms with Gasteiger partial charge >= 0.3 is 0 Å². The first-order valence-corrected chi connectivity index (χ1v) is 7.33. The number of methoxy groups -OCH3 is 1. The molecular formula is C15H22Cl2N2O2. The summed E-state index contributed by atoms with van der Waals surface area (Å²) in [5.41, 5.74) is 1.16. The number of hydrogen-bond donors (Lipinski definition) is 2. The minimum Gasteiger partial charge on any atom is -0.383 e. The van der Waals surface area contributed by atoms with Crippen LogP contribution in [0.1, 0.15) is 17.9 Å². The predicted molar refractivity (Wildman–Crippen MR) is 87.3 cm³/mol. The van der Waals surface area contributed by atoms with E-state index in [4.69, 9.17) is 16.3 Å². The first-order valence-electron chi connectivity index (χ1n) is 6.95. The van der Waals surface area contributed by atoms with E-state index in [1.54, 1.807) is 7.11 Å². The Kier molecular flexibility index (Phi) is 8.04. The third-order valence-electron chi connectivity index (χ3n) is 3.49. The highest BCUT2D eigenvalue weighted by molar-refractivity contribution is 6.30. The molecule has 2 N–H and O–H groups in total. The molecule has 1 saturated carbocycles. The lowest BCUT2D eigenvalue weighted by atomic mass is 10.1. The lowest BCUT2D eigenvalue weighted by molar-refractivity contribution is -0.122. The minimum absolute atomic E-state index is 0. The highest BCUT2D eigenvalue weighted by atomic mass is 35.5. The number of ether oxygens (including phenoxy) is 1. The molecule has 1 aromatic carbocycles. The molecule has 0 saturated heterocycles. The minimum atomic E-state index is 0. The third kappa shape index (κ3) is 5.83. The molecule has 2 atom stereocenters. The second kappa shape index (κ2) is 9.26. The Hall–Kier alpha value is -0.810. The highest BCUT2D eigenvalue weighted by Gasteiger charge is 2.43. The Morgan fingerprint density at radius 3 is 2.90 bits per heavy atom. The van der Waals surface area contributed by atoms with Crippen LogP contribution in [0.3, 0.4) is 0 Å². The van der Waals surface area contributed by atoms with Crippen LogP contribution in [-0.4, -0.2) is 39.3 Å². The molecule has 0 aromatic heterocycles. The van der Waals surface area contributed by atoms with Crippen LogP contribution in [-0.2, 0) is 9.53 Å². The first-order chi connectivity index (χ1) is 9.72. The molecule has 1 fully saturated rings. The maximum absolute atomic E-state index is 12.0. The van der Waals surface area contributed by atoms with E-state index >= 15 is 0 Å². The van der Waals surface area contributed by atoms with Crippen molar-refractivity contribution in [3.05, 3.63) is 34.9 Å². The third-order valence-corrected chi connectivity index (χ3v) is 3.72. The molecule has 0 bridgehead atoms. The number of carbonyl (C=O) groups is 1. The van der Waals surface area contributed by atoms with Gasteiger partial charge in [-0.15, -0.1) is 12.4 Å². The van der Waals surface area contributed by atoms with Crippen LogP contribution in [0.15, 0.2) is 24.3 Å². The quantitative estimate of drug-likeness (QED) is 0.717. The lowest BCUT2D eigenvalue weighted by Crippen LogP contribution is -2.34. The fourth-order valence-corrected chi connectivity index (χ4v) is 2.49. The van der Waals surface area contributed by atoms with E-state index < -0.39 is 0 Å². The van der Waals surface area contributed by atoms with Crippen LogP contribution in [0, 0.1) is 5.92 Å². The molecule has 4 nitrogen and oxygen atoms in total. The SMILES string of the molecule is COCCNCCNC(=O)C1CC1c1cccc(Cl)c1.Cl. The maximum atomic E-state index is 12.0. The Morgan fingerprint density at radius 2 is 2.19 bits per heavy atom. The molecule has 1 aliphatic rings. The van der Waals surface area contributed by atoms with Gasteiger partial charge in [0.05, 0.1) is 6.61 Å². The molecule has 2 rings (SSSR count). The summed E-state index contributed by atoms with van der Waals surface area (Å²) >= 11 is 5.97. The first kappa shape index (κ1) is 18.2. The summed E-state index contributed by atoms with van der Waals surface area (Å²) in [4.78, 5) is 12.0. The van der Waals surface area contributed by atoms with E-state index in [9.17, 15) is 4.79 Å². The number of rotatable bonds is 8. The van der Waals surface area contributed by atoms with E-state index in [0.29, 0.717) is 19.1 Å². The largest absolute Gasteiger partial charge is 0.383 e. The number of hydrogen-bond acceptors (Lipinski definition) is 3. The van der Waals surface area contributed by atoms with Crippen LogP contribution in [0.5, 0.6) is 0 Å². The van der Waals surface area contributed by atoms with Crippen molar-refractivity contribution < 1.29 is 9.53 Å². The molecule has 1 amide bonds. The van der Waals surface area contributed by atoms with Crippen LogP contribution < -0.4 is 10.6 Å². The summed E-state index contributed by atoms with van der Waals surface area (Å²) in [6.07, 6.45) is 0.920. The second-order valence-corrected chi connectivity index (χ2v) is 5.47. The summed E-state index contributed by atoms with van der Waals surface area (Å²) < 4.78 is 4.93. The van der Waals surface area contributed by atoms with Gasteiger partial charge in [-0.1, -0.05) is 23.7 Å². The van der Waals surface area contributed by atoms with E-state index in [1.165, 1.54) is 0 Å². The molecule has 0 heterocycles. The Bertz CT molecular complexity index is 457.